The number of benzene rings is 2. The summed E-state index contributed by atoms with van der Waals surface area (Å²) in [6.07, 6.45) is -2.27. The Labute approximate surface area is 185 Å². The van der Waals surface area contributed by atoms with Crippen molar-refractivity contribution in [3.8, 4) is 0 Å². The Morgan fingerprint density at radius 2 is 0.969 bits per heavy atom. The molecule has 0 bridgehead atoms. The lowest BCUT2D eigenvalue weighted by Gasteiger charge is -2.11. The predicted molar refractivity (Wildman–Crippen MR) is 112 cm³/mol. The summed E-state index contributed by atoms with van der Waals surface area (Å²) in [7, 11) is -7.97. The summed E-state index contributed by atoms with van der Waals surface area (Å²) in [5.74, 6) is 0. The molecule has 32 heavy (non-hydrogen) atoms. The van der Waals surface area contributed by atoms with E-state index in [1.165, 1.54) is 24.3 Å². The van der Waals surface area contributed by atoms with E-state index < -0.39 is 45.4 Å². The van der Waals surface area contributed by atoms with Crippen molar-refractivity contribution in [2.75, 3.05) is 13.2 Å². The monoisotopic (exact) mass is 486 g/mol. The summed E-state index contributed by atoms with van der Waals surface area (Å²) in [4.78, 5) is 26.7. The first-order valence-corrected chi connectivity index (χ1v) is 12.0. The number of ether oxygens (including phenoxy) is 2. The number of hydrazine groups is 2. The van der Waals surface area contributed by atoms with Crippen LogP contribution in [0.15, 0.2) is 58.3 Å². The number of carbonyl (C=O) groups is 2. The van der Waals surface area contributed by atoms with Gasteiger partial charge in [-0.1, -0.05) is 35.4 Å². The molecular weight excluding hydrogens is 464 g/mol. The summed E-state index contributed by atoms with van der Waals surface area (Å²) >= 11 is 0. The van der Waals surface area contributed by atoms with Crippen LogP contribution in [0.1, 0.15) is 11.1 Å². The fourth-order valence-electron chi connectivity index (χ4n) is 2.11. The van der Waals surface area contributed by atoms with E-state index in [2.05, 4.69) is 9.47 Å². The highest BCUT2D eigenvalue weighted by Crippen LogP contribution is 2.09. The van der Waals surface area contributed by atoms with Crippen LogP contribution in [-0.2, 0) is 29.5 Å². The zero-order chi connectivity index (χ0) is 23.8. The molecule has 2 amide bonds. The fraction of sp³-hybridized carbons (Fsp3) is 0.222. The van der Waals surface area contributed by atoms with Gasteiger partial charge >= 0.3 is 12.2 Å². The van der Waals surface area contributed by atoms with Crippen LogP contribution in [0.4, 0.5) is 9.59 Å². The van der Waals surface area contributed by atoms with Gasteiger partial charge in [0.05, 0.1) is 9.79 Å². The minimum atomic E-state index is -3.99. The number of hydrogen-bond donors (Lipinski definition) is 4. The summed E-state index contributed by atoms with van der Waals surface area (Å²) in [6.45, 7) is 2.74. The molecule has 0 radical (unpaired) electrons. The van der Waals surface area contributed by atoms with Crippen LogP contribution in [0.25, 0.3) is 0 Å². The molecule has 0 aliphatic carbocycles. The molecule has 14 heteroatoms. The van der Waals surface area contributed by atoms with Gasteiger partial charge in [-0.05, 0) is 38.1 Å². The first-order chi connectivity index (χ1) is 15.0. The summed E-state index contributed by atoms with van der Waals surface area (Å²) in [5.41, 5.74) is 5.42. The Hall–Kier alpha value is -3.20. The molecule has 0 aromatic heterocycles. The molecule has 2 aromatic rings. The smallest absolute Gasteiger partial charge is 0.422 e. The van der Waals surface area contributed by atoms with E-state index in [1.807, 2.05) is 20.5 Å². The van der Waals surface area contributed by atoms with E-state index in [0.29, 0.717) is 0 Å². The molecule has 0 unspecified atom stereocenters. The Kier molecular flexibility index (Phi) is 8.54. The number of rotatable bonds is 9. The highest BCUT2D eigenvalue weighted by molar-refractivity contribution is 7.89. The molecule has 0 aliphatic heterocycles. The molecule has 2 rings (SSSR count). The van der Waals surface area contributed by atoms with E-state index >= 15 is 0 Å². The van der Waals surface area contributed by atoms with Crippen molar-refractivity contribution >= 4 is 32.2 Å². The first-order valence-electron chi connectivity index (χ1n) is 9.02. The predicted octanol–water partition coefficient (Wildman–Crippen LogP) is 0.843. The van der Waals surface area contributed by atoms with Crippen LogP contribution in [-0.4, -0.2) is 42.2 Å². The van der Waals surface area contributed by atoms with Gasteiger partial charge in [0.15, 0.2) is 0 Å². The second-order valence-corrected chi connectivity index (χ2v) is 9.72. The Morgan fingerprint density at radius 1 is 0.656 bits per heavy atom. The molecule has 2 aromatic carbocycles. The molecule has 0 saturated carbocycles. The van der Waals surface area contributed by atoms with Crippen LogP contribution in [0.3, 0.4) is 0 Å². The van der Waals surface area contributed by atoms with Crippen molar-refractivity contribution in [3.63, 3.8) is 0 Å². The van der Waals surface area contributed by atoms with Gasteiger partial charge in [-0.2, -0.15) is 0 Å². The SMILES string of the molecule is Cc1ccc(S(=O)(=O)NNC(=O)OCCOC(=O)NNS(=O)(=O)c2ccc(C)cc2)cc1. The van der Waals surface area contributed by atoms with Gasteiger partial charge in [-0.25, -0.2) is 37.3 Å². The van der Waals surface area contributed by atoms with Crippen LogP contribution in [0, 0.1) is 13.8 Å². The van der Waals surface area contributed by atoms with Gasteiger partial charge in [0.1, 0.15) is 13.2 Å². The average Bonchev–Trinajstić information content (AvgIpc) is 2.74. The molecule has 12 nitrogen and oxygen atoms in total. The second-order valence-electron chi connectivity index (χ2n) is 6.36. The molecule has 0 spiro atoms. The van der Waals surface area contributed by atoms with Crippen LogP contribution in [0.5, 0.6) is 0 Å². The molecule has 4 N–H and O–H groups in total. The lowest BCUT2D eigenvalue weighted by molar-refractivity contribution is 0.0942. The third kappa shape index (κ3) is 7.81. The van der Waals surface area contributed by atoms with Crippen molar-refractivity contribution < 1.29 is 35.9 Å². The minimum absolute atomic E-state index is 0.0588. The number of nitrogens with one attached hydrogen (secondary N) is 4. The lowest BCUT2D eigenvalue weighted by Crippen LogP contribution is -2.43. The van der Waals surface area contributed by atoms with Crippen molar-refractivity contribution in [2.24, 2.45) is 0 Å². The van der Waals surface area contributed by atoms with Crippen LogP contribution in [0.2, 0.25) is 0 Å². The zero-order valence-corrected chi connectivity index (χ0v) is 18.7. The molecule has 0 aliphatic rings. The van der Waals surface area contributed by atoms with Crippen LogP contribution >= 0.6 is 0 Å². The molecular formula is C18H22N4O8S2. The van der Waals surface area contributed by atoms with Crippen molar-refractivity contribution in [3.05, 3.63) is 59.7 Å². The van der Waals surface area contributed by atoms with Gasteiger partial charge in [0.2, 0.25) is 0 Å². The summed E-state index contributed by atoms with van der Waals surface area (Å²) in [5, 5.41) is 0. The average molecular weight is 487 g/mol. The third-order valence-corrected chi connectivity index (χ3v) is 6.31. The highest BCUT2D eigenvalue weighted by atomic mass is 32.2. The van der Waals surface area contributed by atoms with Gasteiger partial charge in [0.25, 0.3) is 20.0 Å². The molecule has 0 fully saturated rings. The maximum atomic E-state index is 12.0. The molecule has 0 heterocycles. The molecule has 0 saturated heterocycles. The second kappa shape index (κ2) is 10.9. The molecule has 0 atom stereocenters. The zero-order valence-electron chi connectivity index (χ0n) is 17.1. The van der Waals surface area contributed by atoms with Crippen molar-refractivity contribution in [1.29, 1.82) is 0 Å². The summed E-state index contributed by atoms with van der Waals surface area (Å²) in [6, 6.07) is 11.8. The number of hydrogen-bond acceptors (Lipinski definition) is 8. The quantitative estimate of drug-likeness (QED) is 0.299. The summed E-state index contributed by atoms with van der Waals surface area (Å²) < 4.78 is 57.4. The standard InChI is InChI=1S/C18H22N4O8S2/c1-13-3-7-15(8-4-13)31(25,26)21-19-17(23)29-11-12-30-18(24)20-22-32(27,28)16-9-5-14(2)6-10-16/h3-10,21-22H,11-12H2,1-2H3,(H,19,23)(H,20,24). The molecule has 174 valence electrons. The van der Waals surface area contributed by atoms with E-state index in [9.17, 15) is 26.4 Å². The number of amides is 2. The maximum Gasteiger partial charge on any atom is 0.422 e. The Morgan fingerprint density at radius 3 is 1.28 bits per heavy atom. The van der Waals surface area contributed by atoms with E-state index in [4.69, 9.17) is 0 Å². The third-order valence-electron chi connectivity index (χ3n) is 3.79. The van der Waals surface area contributed by atoms with Gasteiger partial charge in [-0.3, -0.25) is 0 Å². The van der Waals surface area contributed by atoms with Crippen molar-refractivity contribution in [2.45, 2.75) is 23.6 Å². The van der Waals surface area contributed by atoms with E-state index in [0.717, 1.165) is 11.1 Å². The Balaban J connectivity index is 1.67. The van der Waals surface area contributed by atoms with Gasteiger partial charge < -0.3 is 9.47 Å². The largest absolute Gasteiger partial charge is 0.445 e. The minimum Gasteiger partial charge on any atom is -0.445 e. The van der Waals surface area contributed by atoms with Gasteiger partial charge in [-0.15, -0.1) is 9.66 Å². The number of aryl methyl sites for hydroxylation is 2. The van der Waals surface area contributed by atoms with Crippen molar-refractivity contribution in [1.82, 2.24) is 20.5 Å². The topological polar surface area (TPSA) is 169 Å². The lowest BCUT2D eigenvalue weighted by atomic mass is 10.2. The maximum absolute atomic E-state index is 12.0. The fourth-order valence-corrected chi connectivity index (χ4v) is 3.77. The van der Waals surface area contributed by atoms with Gasteiger partial charge in [0, 0.05) is 0 Å². The Bertz CT molecular complexity index is 1050. The number of sulfonamides is 2. The first kappa shape index (κ1) is 25.1. The van der Waals surface area contributed by atoms with E-state index in [1.54, 1.807) is 38.1 Å². The number of carbonyl (C=O) groups excluding carboxylic acids is 2. The normalized spacial score (nSPS) is 11.4. The highest BCUT2D eigenvalue weighted by Gasteiger charge is 2.16. The van der Waals surface area contributed by atoms with Crippen LogP contribution < -0.4 is 20.5 Å². The van der Waals surface area contributed by atoms with E-state index in [-0.39, 0.29) is 9.79 Å².